The van der Waals surface area contributed by atoms with Gasteiger partial charge in [0.2, 0.25) is 21.7 Å². The normalized spacial score (nSPS) is 17.1. The maximum Gasteiger partial charge on any atom is 0.243 e. The van der Waals surface area contributed by atoms with Crippen molar-refractivity contribution in [3.8, 4) is 22.8 Å². The van der Waals surface area contributed by atoms with Crippen LogP contribution < -0.4 is 4.74 Å². The van der Waals surface area contributed by atoms with E-state index in [2.05, 4.69) is 25.7 Å². The molecule has 1 aliphatic heterocycles. The van der Waals surface area contributed by atoms with E-state index in [1.807, 2.05) is 0 Å². The predicted octanol–water partition coefficient (Wildman–Crippen LogP) is 2.43. The largest absolute Gasteiger partial charge is 0.494 e. The Morgan fingerprint density at radius 3 is 2.74 bits per heavy atom. The average molecular weight is 486 g/mol. The molecule has 2 aromatic heterocycles. The van der Waals surface area contributed by atoms with Gasteiger partial charge >= 0.3 is 0 Å². The first kappa shape index (κ1) is 22.1. The molecule has 0 aliphatic carbocycles. The van der Waals surface area contributed by atoms with Crippen LogP contribution in [-0.2, 0) is 10.0 Å². The molecule has 0 amide bonds. The second-order valence-corrected chi connectivity index (χ2v) is 9.69. The molecule has 0 spiro atoms. The number of aromatic nitrogens is 6. The van der Waals surface area contributed by atoms with E-state index >= 15 is 0 Å². The molecule has 0 unspecified atom stereocenters. The maximum absolute atomic E-state index is 13.4. The van der Waals surface area contributed by atoms with Gasteiger partial charge in [0, 0.05) is 24.7 Å². The lowest BCUT2D eigenvalue weighted by atomic mass is 10.00. The van der Waals surface area contributed by atoms with Crippen molar-refractivity contribution < 1.29 is 22.1 Å². The Kier molecular flexibility index (Phi) is 5.79. The highest BCUT2D eigenvalue weighted by molar-refractivity contribution is 7.89. The minimum Gasteiger partial charge on any atom is -0.494 e. The summed E-state index contributed by atoms with van der Waals surface area (Å²) in [6, 6.07) is 10.3. The summed E-state index contributed by atoms with van der Waals surface area (Å²) >= 11 is 0. The van der Waals surface area contributed by atoms with Gasteiger partial charge < -0.3 is 9.26 Å². The van der Waals surface area contributed by atoms with Gasteiger partial charge in [-0.1, -0.05) is 5.16 Å². The molecule has 34 heavy (non-hydrogen) atoms. The van der Waals surface area contributed by atoms with E-state index in [-0.39, 0.29) is 23.2 Å². The third-order valence-electron chi connectivity index (χ3n) is 5.66. The molecule has 0 radical (unpaired) electrons. The number of benzene rings is 2. The van der Waals surface area contributed by atoms with Crippen molar-refractivity contribution in [1.29, 1.82) is 0 Å². The summed E-state index contributed by atoms with van der Waals surface area (Å²) in [6.07, 6.45) is 2.74. The molecule has 1 fully saturated rings. The van der Waals surface area contributed by atoms with Crippen LogP contribution in [-0.4, -0.2) is 63.3 Å². The highest BCUT2D eigenvalue weighted by Crippen LogP contribution is 2.32. The molecule has 5 rings (SSSR count). The maximum atomic E-state index is 13.4. The van der Waals surface area contributed by atoms with E-state index in [0.29, 0.717) is 48.1 Å². The summed E-state index contributed by atoms with van der Waals surface area (Å²) in [5, 5.41) is 15.0. The van der Waals surface area contributed by atoms with Crippen LogP contribution in [0.5, 0.6) is 5.75 Å². The Morgan fingerprint density at radius 2 is 2.00 bits per heavy atom. The van der Waals surface area contributed by atoms with Crippen LogP contribution >= 0.6 is 0 Å². The van der Waals surface area contributed by atoms with E-state index in [1.54, 1.807) is 18.2 Å². The van der Waals surface area contributed by atoms with E-state index in [9.17, 15) is 12.8 Å². The van der Waals surface area contributed by atoms with E-state index < -0.39 is 10.0 Å². The topological polar surface area (TPSA) is 129 Å². The second kappa shape index (κ2) is 8.91. The summed E-state index contributed by atoms with van der Waals surface area (Å²) in [5.41, 5.74) is 1.13. The SMILES string of the molecule is COc1cc(S(=O)(=O)N2CCC[C@@H](c3nc(-c4ccc(F)cc4)no3)C2)ccc1-n1cnnn1. The lowest BCUT2D eigenvalue weighted by Gasteiger charge is -2.30. The van der Waals surface area contributed by atoms with Crippen LogP contribution in [0.2, 0.25) is 0 Å². The van der Waals surface area contributed by atoms with Crippen LogP contribution in [0.1, 0.15) is 24.7 Å². The lowest BCUT2D eigenvalue weighted by Crippen LogP contribution is -2.39. The number of methoxy groups -OCH3 is 1. The molecule has 0 saturated carbocycles. The molecular formula is C21H20FN7O4S. The fraction of sp³-hybridized carbons (Fsp3) is 0.286. The van der Waals surface area contributed by atoms with Crippen molar-refractivity contribution in [1.82, 2.24) is 34.7 Å². The Labute approximate surface area is 194 Å². The molecule has 13 heteroatoms. The molecule has 11 nitrogen and oxygen atoms in total. The molecule has 4 aromatic rings. The van der Waals surface area contributed by atoms with Gasteiger partial charge in [0.05, 0.1) is 17.9 Å². The predicted molar refractivity (Wildman–Crippen MR) is 116 cm³/mol. The number of hydrogen-bond donors (Lipinski definition) is 0. The van der Waals surface area contributed by atoms with Gasteiger partial charge in [-0.25, -0.2) is 12.8 Å². The second-order valence-electron chi connectivity index (χ2n) is 7.75. The zero-order valence-electron chi connectivity index (χ0n) is 18.1. The summed E-state index contributed by atoms with van der Waals surface area (Å²) in [5.74, 6) is 0.391. The monoisotopic (exact) mass is 485 g/mol. The van der Waals surface area contributed by atoms with Gasteiger partial charge in [-0.2, -0.15) is 14.0 Å². The van der Waals surface area contributed by atoms with Crippen molar-refractivity contribution in [2.45, 2.75) is 23.7 Å². The quantitative estimate of drug-likeness (QED) is 0.404. The summed E-state index contributed by atoms with van der Waals surface area (Å²) in [6.45, 7) is 0.569. The molecule has 176 valence electrons. The number of sulfonamides is 1. The lowest BCUT2D eigenvalue weighted by molar-refractivity contribution is 0.265. The third-order valence-corrected chi connectivity index (χ3v) is 7.52. The molecule has 1 aliphatic rings. The Hall–Kier alpha value is -3.71. The number of rotatable bonds is 6. The smallest absolute Gasteiger partial charge is 0.243 e. The van der Waals surface area contributed by atoms with Crippen LogP contribution in [0.3, 0.4) is 0 Å². The minimum atomic E-state index is -3.81. The fourth-order valence-electron chi connectivity index (χ4n) is 3.91. The standard InChI is InChI=1S/C21H20FN7O4S/c1-32-19-11-17(8-9-18(19)29-13-23-26-27-29)34(30,31)28-10-2-3-15(12-28)21-24-20(25-33-21)14-4-6-16(22)7-5-14/h4-9,11,13,15H,2-3,10,12H2,1H3/t15-/m1/s1. The molecule has 1 atom stereocenters. The van der Waals surface area contributed by atoms with Gasteiger partial charge in [0.15, 0.2) is 0 Å². The van der Waals surface area contributed by atoms with Crippen LogP contribution in [0.4, 0.5) is 4.39 Å². The number of piperidine rings is 1. The number of ether oxygens (including phenoxy) is 1. The zero-order chi connectivity index (χ0) is 23.7. The summed E-state index contributed by atoms with van der Waals surface area (Å²) in [7, 11) is -2.36. The molecule has 2 aromatic carbocycles. The van der Waals surface area contributed by atoms with Crippen molar-refractivity contribution in [2.24, 2.45) is 0 Å². The van der Waals surface area contributed by atoms with Crippen molar-refractivity contribution >= 4 is 10.0 Å². The van der Waals surface area contributed by atoms with Crippen LogP contribution in [0.25, 0.3) is 17.1 Å². The summed E-state index contributed by atoms with van der Waals surface area (Å²) in [4.78, 5) is 4.52. The van der Waals surface area contributed by atoms with Crippen LogP contribution in [0.15, 0.2) is 58.2 Å². The molecule has 0 N–H and O–H groups in total. The molecule has 0 bridgehead atoms. The fourth-order valence-corrected chi connectivity index (χ4v) is 5.45. The third kappa shape index (κ3) is 4.15. The van der Waals surface area contributed by atoms with E-state index in [1.165, 1.54) is 46.7 Å². The molecule has 3 heterocycles. The molecular weight excluding hydrogens is 465 g/mol. The number of halogens is 1. The van der Waals surface area contributed by atoms with Gasteiger partial charge in [-0.3, -0.25) is 0 Å². The first-order valence-electron chi connectivity index (χ1n) is 10.5. The molecule has 1 saturated heterocycles. The average Bonchev–Trinajstić information content (AvgIpc) is 3.57. The first-order valence-corrected chi connectivity index (χ1v) is 11.9. The summed E-state index contributed by atoms with van der Waals surface area (Å²) < 4.78 is 53.6. The Morgan fingerprint density at radius 1 is 1.18 bits per heavy atom. The first-order chi connectivity index (χ1) is 16.5. The van der Waals surface area contributed by atoms with E-state index in [4.69, 9.17) is 9.26 Å². The zero-order valence-corrected chi connectivity index (χ0v) is 18.9. The van der Waals surface area contributed by atoms with Gasteiger partial charge in [-0.05, 0) is 59.7 Å². The number of nitrogens with zero attached hydrogens (tertiary/aromatic N) is 7. The highest BCUT2D eigenvalue weighted by atomic mass is 32.2. The Bertz CT molecular complexity index is 1390. The number of hydrogen-bond acceptors (Lipinski definition) is 9. The minimum absolute atomic E-state index is 0.0966. The van der Waals surface area contributed by atoms with Crippen LogP contribution in [0, 0.1) is 5.82 Å². The van der Waals surface area contributed by atoms with Crippen molar-refractivity contribution in [3.05, 3.63) is 60.5 Å². The van der Waals surface area contributed by atoms with Gasteiger partial charge in [0.25, 0.3) is 0 Å². The van der Waals surface area contributed by atoms with E-state index in [0.717, 1.165) is 0 Å². The highest BCUT2D eigenvalue weighted by Gasteiger charge is 2.34. The number of tetrazole rings is 1. The van der Waals surface area contributed by atoms with Gasteiger partial charge in [0.1, 0.15) is 23.6 Å². The van der Waals surface area contributed by atoms with Crippen molar-refractivity contribution in [2.75, 3.05) is 20.2 Å². The van der Waals surface area contributed by atoms with Crippen molar-refractivity contribution in [3.63, 3.8) is 0 Å². The Balaban J connectivity index is 1.38. The van der Waals surface area contributed by atoms with Gasteiger partial charge in [-0.15, -0.1) is 5.10 Å².